The molecule has 8 heteroatoms. The molecule has 27 heavy (non-hydrogen) atoms. The second-order valence-electron chi connectivity index (χ2n) is 5.68. The van der Waals surface area contributed by atoms with Crippen LogP contribution in [0.5, 0.6) is 17.2 Å². The standard InChI is InChI=1S/C19H17NO7/c1-13-2-5-15(6-3-13)24-8-9-25-19(21)7-4-14-10-17-18(27-12-26-17)11-16(14)20(22)23/h2-7,10-11H,8-9,12H2,1H3/b7-4+. The predicted octanol–water partition coefficient (Wildman–Crippen LogP) is 3.27. The van der Waals surface area contributed by atoms with Gasteiger partial charge in [-0.15, -0.1) is 0 Å². The van der Waals surface area contributed by atoms with Gasteiger partial charge in [-0.3, -0.25) is 10.1 Å². The number of nitrogens with zero attached hydrogens (tertiary/aromatic N) is 1. The van der Waals surface area contributed by atoms with Crippen molar-refractivity contribution in [3.8, 4) is 17.2 Å². The Labute approximate surface area is 155 Å². The molecular weight excluding hydrogens is 354 g/mol. The molecule has 0 aliphatic carbocycles. The minimum absolute atomic E-state index is 0.00266. The number of nitro groups is 1. The van der Waals surface area contributed by atoms with E-state index in [1.165, 1.54) is 18.2 Å². The first-order valence-corrected chi connectivity index (χ1v) is 8.15. The fourth-order valence-corrected chi connectivity index (χ4v) is 2.38. The number of carbonyl (C=O) groups is 1. The summed E-state index contributed by atoms with van der Waals surface area (Å²) in [4.78, 5) is 22.4. The van der Waals surface area contributed by atoms with Crippen molar-refractivity contribution in [1.29, 1.82) is 0 Å². The third-order valence-corrected chi connectivity index (χ3v) is 3.73. The van der Waals surface area contributed by atoms with Crippen molar-refractivity contribution in [3.63, 3.8) is 0 Å². The highest BCUT2D eigenvalue weighted by Crippen LogP contribution is 2.38. The van der Waals surface area contributed by atoms with Crippen LogP contribution in [0.3, 0.4) is 0 Å². The molecule has 0 bridgehead atoms. The van der Waals surface area contributed by atoms with Gasteiger partial charge < -0.3 is 18.9 Å². The lowest BCUT2D eigenvalue weighted by Crippen LogP contribution is -2.10. The maximum absolute atomic E-state index is 11.8. The lowest BCUT2D eigenvalue weighted by Gasteiger charge is -2.06. The molecule has 0 saturated heterocycles. The van der Waals surface area contributed by atoms with Crippen molar-refractivity contribution in [3.05, 3.63) is 63.7 Å². The molecule has 3 rings (SSSR count). The van der Waals surface area contributed by atoms with E-state index in [4.69, 9.17) is 18.9 Å². The quantitative estimate of drug-likeness (QED) is 0.242. The summed E-state index contributed by atoms with van der Waals surface area (Å²) >= 11 is 0. The molecule has 1 heterocycles. The number of fused-ring (bicyclic) bond motifs is 1. The fraction of sp³-hybridized carbons (Fsp3) is 0.211. The minimum Gasteiger partial charge on any atom is -0.490 e. The average molecular weight is 371 g/mol. The highest BCUT2D eigenvalue weighted by atomic mass is 16.7. The molecule has 2 aromatic carbocycles. The van der Waals surface area contributed by atoms with Crippen LogP contribution in [0.1, 0.15) is 11.1 Å². The molecular formula is C19H17NO7. The molecule has 2 aromatic rings. The maximum Gasteiger partial charge on any atom is 0.330 e. The zero-order valence-electron chi connectivity index (χ0n) is 14.5. The van der Waals surface area contributed by atoms with Crippen LogP contribution in [0.4, 0.5) is 5.69 Å². The zero-order valence-corrected chi connectivity index (χ0v) is 14.5. The smallest absolute Gasteiger partial charge is 0.330 e. The van der Waals surface area contributed by atoms with Crippen molar-refractivity contribution in [2.24, 2.45) is 0 Å². The summed E-state index contributed by atoms with van der Waals surface area (Å²) in [5, 5.41) is 11.2. The molecule has 0 unspecified atom stereocenters. The topological polar surface area (TPSA) is 97.1 Å². The Morgan fingerprint density at radius 1 is 1.19 bits per heavy atom. The van der Waals surface area contributed by atoms with Gasteiger partial charge in [-0.2, -0.15) is 0 Å². The van der Waals surface area contributed by atoms with Gasteiger partial charge in [0, 0.05) is 6.08 Å². The van der Waals surface area contributed by atoms with E-state index < -0.39 is 10.9 Å². The van der Waals surface area contributed by atoms with Gasteiger partial charge in [0.2, 0.25) is 6.79 Å². The largest absolute Gasteiger partial charge is 0.490 e. The van der Waals surface area contributed by atoms with E-state index in [1.54, 1.807) is 0 Å². The van der Waals surface area contributed by atoms with E-state index >= 15 is 0 Å². The van der Waals surface area contributed by atoms with E-state index in [1.807, 2.05) is 31.2 Å². The number of hydrogen-bond donors (Lipinski definition) is 0. The summed E-state index contributed by atoms with van der Waals surface area (Å²) in [6.45, 7) is 2.23. The first-order valence-electron chi connectivity index (χ1n) is 8.15. The molecule has 0 amide bonds. The summed E-state index contributed by atoms with van der Waals surface area (Å²) in [7, 11) is 0. The van der Waals surface area contributed by atoms with Gasteiger partial charge in [0.05, 0.1) is 16.6 Å². The van der Waals surface area contributed by atoms with Crippen LogP contribution < -0.4 is 14.2 Å². The Kier molecular flexibility index (Phi) is 5.55. The van der Waals surface area contributed by atoms with Crippen molar-refractivity contribution in [2.75, 3.05) is 20.0 Å². The van der Waals surface area contributed by atoms with E-state index in [2.05, 4.69) is 0 Å². The van der Waals surface area contributed by atoms with Crippen LogP contribution in [-0.2, 0) is 9.53 Å². The minimum atomic E-state index is -0.630. The summed E-state index contributed by atoms with van der Waals surface area (Å²) in [6, 6.07) is 10.2. The monoisotopic (exact) mass is 371 g/mol. The van der Waals surface area contributed by atoms with Crippen molar-refractivity contribution < 1.29 is 28.7 Å². The molecule has 0 saturated carbocycles. The highest BCUT2D eigenvalue weighted by molar-refractivity contribution is 5.88. The molecule has 1 aliphatic rings. The third-order valence-electron chi connectivity index (χ3n) is 3.73. The van der Waals surface area contributed by atoms with Crippen LogP contribution in [0, 0.1) is 17.0 Å². The first kappa shape index (κ1) is 18.2. The molecule has 0 aromatic heterocycles. The number of benzene rings is 2. The SMILES string of the molecule is Cc1ccc(OCCOC(=O)/C=C/c2cc3c(cc2[N+](=O)[O-])OCO3)cc1. The summed E-state index contributed by atoms with van der Waals surface area (Å²) in [5.41, 5.74) is 1.15. The molecule has 0 fully saturated rings. The maximum atomic E-state index is 11.8. The average Bonchev–Trinajstić information content (AvgIpc) is 3.11. The van der Waals surface area contributed by atoms with E-state index in [0.29, 0.717) is 17.2 Å². The zero-order chi connectivity index (χ0) is 19.2. The number of aryl methyl sites for hydroxylation is 1. The van der Waals surface area contributed by atoms with Gasteiger partial charge in [0.1, 0.15) is 19.0 Å². The van der Waals surface area contributed by atoms with Crippen molar-refractivity contribution in [1.82, 2.24) is 0 Å². The van der Waals surface area contributed by atoms with Crippen molar-refractivity contribution >= 4 is 17.7 Å². The number of hydrogen-bond acceptors (Lipinski definition) is 7. The second kappa shape index (κ2) is 8.22. The Bertz CT molecular complexity index is 874. The molecule has 0 spiro atoms. The molecule has 0 atom stereocenters. The van der Waals surface area contributed by atoms with Gasteiger partial charge in [0.15, 0.2) is 11.5 Å². The molecule has 0 radical (unpaired) electrons. The molecule has 140 valence electrons. The molecule has 1 aliphatic heterocycles. The summed E-state index contributed by atoms with van der Waals surface area (Å²) in [5.74, 6) is 0.743. The van der Waals surface area contributed by atoms with Gasteiger partial charge in [-0.05, 0) is 31.2 Å². The fourth-order valence-electron chi connectivity index (χ4n) is 2.38. The van der Waals surface area contributed by atoms with Crippen LogP contribution >= 0.6 is 0 Å². The van der Waals surface area contributed by atoms with E-state index in [-0.39, 0.29) is 31.3 Å². The van der Waals surface area contributed by atoms with Gasteiger partial charge in [-0.25, -0.2) is 4.79 Å². The Morgan fingerprint density at radius 3 is 2.59 bits per heavy atom. The van der Waals surface area contributed by atoms with E-state index in [9.17, 15) is 14.9 Å². The van der Waals surface area contributed by atoms with Gasteiger partial charge in [0.25, 0.3) is 5.69 Å². The number of esters is 1. The Balaban J connectivity index is 1.54. The number of nitro benzene ring substituents is 1. The lowest BCUT2D eigenvalue weighted by molar-refractivity contribution is -0.385. The van der Waals surface area contributed by atoms with Crippen LogP contribution in [0.2, 0.25) is 0 Å². The molecule has 0 N–H and O–H groups in total. The number of carbonyl (C=O) groups excluding carboxylic acids is 1. The highest BCUT2D eigenvalue weighted by Gasteiger charge is 2.22. The summed E-state index contributed by atoms with van der Waals surface area (Å²) < 4.78 is 20.8. The first-order chi connectivity index (χ1) is 13.0. The van der Waals surface area contributed by atoms with Crippen LogP contribution in [0.15, 0.2) is 42.5 Å². The predicted molar refractivity (Wildman–Crippen MR) is 95.9 cm³/mol. The van der Waals surface area contributed by atoms with Crippen LogP contribution in [0.25, 0.3) is 6.08 Å². The van der Waals surface area contributed by atoms with E-state index in [0.717, 1.165) is 11.6 Å². The van der Waals surface area contributed by atoms with Gasteiger partial charge in [-0.1, -0.05) is 17.7 Å². The third kappa shape index (κ3) is 4.75. The Morgan fingerprint density at radius 2 is 1.89 bits per heavy atom. The van der Waals surface area contributed by atoms with Gasteiger partial charge >= 0.3 is 5.97 Å². The Hall–Kier alpha value is -3.55. The normalized spacial score (nSPS) is 12.2. The number of rotatable bonds is 7. The number of ether oxygens (including phenoxy) is 4. The lowest BCUT2D eigenvalue weighted by atomic mass is 10.1. The van der Waals surface area contributed by atoms with Crippen LogP contribution in [-0.4, -0.2) is 30.9 Å². The second-order valence-corrected chi connectivity index (χ2v) is 5.68. The summed E-state index contributed by atoms with van der Waals surface area (Å²) in [6.07, 6.45) is 2.43. The van der Waals surface area contributed by atoms with Crippen molar-refractivity contribution in [2.45, 2.75) is 6.92 Å². The molecule has 8 nitrogen and oxygen atoms in total.